The summed E-state index contributed by atoms with van der Waals surface area (Å²) in [5.41, 5.74) is 0.819. The fourth-order valence-electron chi connectivity index (χ4n) is 2.49. The van der Waals surface area contributed by atoms with Gasteiger partial charge in [-0.25, -0.2) is 0 Å². The summed E-state index contributed by atoms with van der Waals surface area (Å²) in [6.45, 7) is 3.62. The molecule has 0 atom stereocenters. The van der Waals surface area contributed by atoms with Crippen LogP contribution in [0.5, 0.6) is 0 Å². The lowest BCUT2D eigenvalue weighted by Crippen LogP contribution is -2.25. The quantitative estimate of drug-likeness (QED) is 0.738. The van der Waals surface area contributed by atoms with Crippen LogP contribution in [0.25, 0.3) is 10.9 Å². The van der Waals surface area contributed by atoms with E-state index >= 15 is 0 Å². The second kappa shape index (κ2) is 7.03. The molecule has 0 unspecified atom stereocenters. The van der Waals surface area contributed by atoms with E-state index in [1.807, 2.05) is 30.3 Å². The van der Waals surface area contributed by atoms with E-state index in [4.69, 9.17) is 4.42 Å². The van der Waals surface area contributed by atoms with Crippen molar-refractivity contribution in [3.63, 3.8) is 0 Å². The SMILES string of the molecule is CN(Cc1ccc2ncccc2c1)C(=O)c1ccc(C#CC(C)(C)O)o1. The van der Waals surface area contributed by atoms with E-state index in [9.17, 15) is 9.90 Å². The lowest BCUT2D eigenvalue weighted by Gasteiger charge is -2.16. The van der Waals surface area contributed by atoms with Crippen molar-refractivity contribution in [1.82, 2.24) is 9.88 Å². The van der Waals surface area contributed by atoms with E-state index in [0.717, 1.165) is 16.5 Å². The van der Waals surface area contributed by atoms with Gasteiger partial charge in [-0.15, -0.1) is 0 Å². The lowest BCUT2D eigenvalue weighted by molar-refractivity contribution is 0.0753. The summed E-state index contributed by atoms with van der Waals surface area (Å²) in [5.74, 6) is 5.72. The highest BCUT2D eigenvalue weighted by atomic mass is 16.4. The number of pyridine rings is 1. The Labute approximate surface area is 152 Å². The molecule has 0 saturated heterocycles. The molecule has 0 spiro atoms. The number of benzene rings is 1. The van der Waals surface area contributed by atoms with Gasteiger partial charge in [0.05, 0.1) is 5.52 Å². The van der Waals surface area contributed by atoms with Crippen LogP contribution in [0.2, 0.25) is 0 Å². The van der Waals surface area contributed by atoms with Gasteiger partial charge in [-0.1, -0.05) is 18.1 Å². The predicted octanol–water partition coefficient (Wildman–Crippen LogP) is 3.22. The van der Waals surface area contributed by atoms with Gasteiger partial charge < -0.3 is 14.4 Å². The number of aromatic nitrogens is 1. The molecular weight excluding hydrogens is 328 g/mol. The molecule has 1 aromatic carbocycles. The largest absolute Gasteiger partial charge is 0.443 e. The third-order valence-corrected chi connectivity index (χ3v) is 3.74. The average molecular weight is 348 g/mol. The summed E-state index contributed by atoms with van der Waals surface area (Å²) in [6.07, 6.45) is 1.76. The Morgan fingerprint density at radius 1 is 1.27 bits per heavy atom. The molecule has 0 bridgehead atoms. The zero-order chi connectivity index (χ0) is 18.7. The molecule has 0 radical (unpaired) electrons. The minimum Gasteiger partial charge on any atom is -0.443 e. The maximum atomic E-state index is 12.5. The minimum absolute atomic E-state index is 0.218. The second-order valence-electron chi connectivity index (χ2n) is 6.66. The van der Waals surface area contributed by atoms with Crippen molar-refractivity contribution in [2.75, 3.05) is 7.05 Å². The molecule has 2 heterocycles. The highest BCUT2D eigenvalue weighted by Crippen LogP contribution is 2.16. The number of furan rings is 1. The Morgan fingerprint density at radius 2 is 2.08 bits per heavy atom. The zero-order valence-electron chi connectivity index (χ0n) is 15.0. The van der Waals surface area contributed by atoms with Crippen molar-refractivity contribution in [2.24, 2.45) is 0 Å². The number of amides is 1. The highest BCUT2D eigenvalue weighted by Gasteiger charge is 2.16. The fourth-order valence-corrected chi connectivity index (χ4v) is 2.49. The first kappa shape index (κ1) is 17.7. The monoisotopic (exact) mass is 348 g/mol. The smallest absolute Gasteiger partial charge is 0.289 e. The van der Waals surface area contributed by atoms with Crippen molar-refractivity contribution in [3.05, 3.63) is 65.7 Å². The molecule has 3 aromatic rings. The number of nitrogens with zero attached hydrogens (tertiary/aromatic N) is 2. The van der Waals surface area contributed by atoms with Crippen molar-refractivity contribution in [2.45, 2.75) is 26.0 Å². The zero-order valence-corrected chi connectivity index (χ0v) is 15.0. The summed E-state index contributed by atoms with van der Waals surface area (Å²) in [4.78, 5) is 18.4. The van der Waals surface area contributed by atoms with Crippen LogP contribution >= 0.6 is 0 Å². The molecule has 1 amide bonds. The number of rotatable bonds is 3. The molecule has 0 aliphatic heterocycles. The molecule has 0 fully saturated rings. The summed E-state index contributed by atoms with van der Waals surface area (Å²) in [7, 11) is 1.72. The molecule has 0 aliphatic rings. The van der Waals surface area contributed by atoms with Crippen LogP contribution in [0, 0.1) is 11.8 Å². The van der Waals surface area contributed by atoms with Gasteiger partial charge in [-0.2, -0.15) is 0 Å². The molecule has 5 heteroatoms. The maximum absolute atomic E-state index is 12.5. The highest BCUT2D eigenvalue weighted by molar-refractivity contribution is 5.91. The summed E-state index contributed by atoms with van der Waals surface area (Å²) in [5, 5.41) is 10.7. The molecule has 0 aliphatic carbocycles. The Bertz CT molecular complexity index is 1000. The van der Waals surface area contributed by atoms with Crippen LogP contribution in [-0.4, -0.2) is 33.5 Å². The second-order valence-corrected chi connectivity index (χ2v) is 6.66. The Morgan fingerprint density at radius 3 is 2.85 bits per heavy atom. The Balaban J connectivity index is 1.72. The number of hydrogen-bond acceptors (Lipinski definition) is 4. The van der Waals surface area contributed by atoms with Crippen molar-refractivity contribution < 1.29 is 14.3 Å². The van der Waals surface area contributed by atoms with Crippen LogP contribution < -0.4 is 0 Å². The molecular formula is C21H20N2O3. The number of fused-ring (bicyclic) bond motifs is 1. The number of aliphatic hydroxyl groups is 1. The summed E-state index contributed by atoms with van der Waals surface area (Å²) >= 11 is 0. The van der Waals surface area contributed by atoms with Crippen molar-refractivity contribution >= 4 is 16.8 Å². The molecule has 26 heavy (non-hydrogen) atoms. The van der Waals surface area contributed by atoms with Crippen LogP contribution in [0.15, 0.2) is 53.1 Å². The number of hydrogen-bond donors (Lipinski definition) is 1. The molecule has 5 nitrogen and oxygen atoms in total. The van der Waals surface area contributed by atoms with Gasteiger partial charge in [0.1, 0.15) is 5.60 Å². The van der Waals surface area contributed by atoms with Crippen LogP contribution in [0.4, 0.5) is 0 Å². The maximum Gasteiger partial charge on any atom is 0.289 e. The van der Waals surface area contributed by atoms with E-state index in [0.29, 0.717) is 12.3 Å². The van der Waals surface area contributed by atoms with E-state index < -0.39 is 5.60 Å². The van der Waals surface area contributed by atoms with Crippen molar-refractivity contribution in [1.29, 1.82) is 0 Å². The fraction of sp³-hybridized carbons (Fsp3) is 0.238. The van der Waals surface area contributed by atoms with Gasteiger partial charge in [0.25, 0.3) is 5.91 Å². The van der Waals surface area contributed by atoms with E-state index in [-0.39, 0.29) is 11.7 Å². The van der Waals surface area contributed by atoms with Gasteiger partial charge in [-0.3, -0.25) is 9.78 Å². The van der Waals surface area contributed by atoms with Crippen LogP contribution in [0.1, 0.15) is 35.7 Å². The molecule has 132 valence electrons. The first-order valence-corrected chi connectivity index (χ1v) is 8.26. The lowest BCUT2D eigenvalue weighted by atomic mass is 10.1. The third-order valence-electron chi connectivity index (χ3n) is 3.74. The minimum atomic E-state index is -1.11. The van der Waals surface area contributed by atoms with Crippen LogP contribution in [-0.2, 0) is 6.54 Å². The van der Waals surface area contributed by atoms with Gasteiger partial charge in [0, 0.05) is 25.2 Å². The standard InChI is InChI=1S/C21H20N2O3/c1-21(2,25)11-10-17-7-9-19(26-17)20(24)23(3)14-15-6-8-18-16(13-15)5-4-12-22-18/h4-9,12-13,25H,14H2,1-3H3. The van der Waals surface area contributed by atoms with Crippen molar-refractivity contribution in [3.8, 4) is 11.8 Å². The van der Waals surface area contributed by atoms with Gasteiger partial charge >= 0.3 is 0 Å². The first-order chi connectivity index (χ1) is 12.3. The molecule has 1 N–H and O–H groups in total. The summed E-state index contributed by atoms with van der Waals surface area (Å²) in [6, 6.07) is 13.0. The molecule has 3 rings (SSSR count). The number of carbonyl (C=O) groups excluding carboxylic acids is 1. The molecule has 0 saturated carbocycles. The third kappa shape index (κ3) is 4.29. The van der Waals surface area contributed by atoms with E-state index in [2.05, 4.69) is 16.8 Å². The van der Waals surface area contributed by atoms with E-state index in [1.165, 1.54) is 0 Å². The van der Waals surface area contributed by atoms with Gasteiger partial charge in [-0.05, 0) is 55.7 Å². The Kier molecular flexibility index (Phi) is 4.79. The summed E-state index contributed by atoms with van der Waals surface area (Å²) < 4.78 is 5.48. The van der Waals surface area contributed by atoms with Gasteiger partial charge in [0.2, 0.25) is 0 Å². The normalized spacial score (nSPS) is 11.1. The average Bonchev–Trinajstić information content (AvgIpc) is 3.07. The first-order valence-electron chi connectivity index (χ1n) is 8.26. The van der Waals surface area contributed by atoms with Crippen LogP contribution in [0.3, 0.4) is 0 Å². The number of carbonyl (C=O) groups is 1. The topological polar surface area (TPSA) is 66.6 Å². The molecule has 2 aromatic heterocycles. The predicted molar refractivity (Wildman–Crippen MR) is 99.4 cm³/mol. The van der Waals surface area contributed by atoms with E-state index in [1.54, 1.807) is 44.1 Å². The van der Waals surface area contributed by atoms with Gasteiger partial charge in [0.15, 0.2) is 11.5 Å². The Hall–Kier alpha value is -3.10.